The highest BCUT2D eigenvalue weighted by Crippen LogP contribution is 2.30. The predicted molar refractivity (Wildman–Crippen MR) is 47.1 cm³/mol. The van der Waals surface area contributed by atoms with Gasteiger partial charge in [-0.05, 0) is 26.0 Å². The number of aromatic nitrogens is 1. The quantitative estimate of drug-likeness (QED) is 0.591. The first-order valence-electron chi connectivity index (χ1n) is 3.42. The van der Waals surface area contributed by atoms with Crippen LogP contribution in [0.3, 0.4) is 0 Å². The van der Waals surface area contributed by atoms with E-state index < -0.39 is 5.41 Å². The summed E-state index contributed by atoms with van der Waals surface area (Å²) in [7, 11) is 2.12. The van der Waals surface area contributed by atoms with Crippen LogP contribution in [0.2, 0.25) is 0 Å². The van der Waals surface area contributed by atoms with Gasteiger partial charge in [-0.3, -0.25) is 4.98 Å². The number of alkyl halides is 1. The van der Waals surface area contributed by atoms with E-state index in [1.54, 1.807) is 12.1 Å². The lowest BCUT2D eigenvalue weighted by Crippen LogP contribution is -2.07. The van der Waals surface area contributed by atoms with E-state index in [4.69, 9.17) is 0 Å². The van der Waals surface area contributed by atoms with Crippen molar-refractivity contribution in [1.82, 2.24) is 4.98 Å². The molecule has 1 aromatic heterocycles. The van der Waals surface area contributed by atoms with Gasteiger partial charge in [-0.25, -0.2) is 4.39 Å². The molecule has 2 atom stereocenters. The summed E-state index contributed by atoms with van der Waals surface area (Å²) in [5, 5.41) is -1.41. The maximum absolute atomic E-state index is 13.2. The fourth-order valence-corrected chi connectivity index (χ4v) is 0.976. The summed E-state index contributed by atoms with van der Waals surface area (Å²) in [4.78, 5) is 4.05. The van der Waals surface area contributed by atoms with Crippen molar-refractivity contribution < 1.29 is 4.39 Å². The van der Waals surface area contributed by atoms with E-state index in [1.807, 2.05) is 13.0 Å². The molecule has 0 aromatic carbocycles. The number of rotatable bonds is 1. The molecule has 0 saturated heterocycles. The molecule has 0 amide bonds. The van der Waals surface area contributed by atoms with Crippen LogP contribution in [0.5, 0.6) is 0 Å². The zero-order valence-corrected chi connectivity index (χ0v) is 7.79. The minimum atomic E-state index is -1.41. The van der Waals surface area contributed by atoms with Gasteiger partial charge in [0.2, 0.25) is 0 Å². The van der Waals surface area contributed by atoms with Crippen molar-refractivity contribution in [3.8, 4) is 0 Å². The van der Waals surface area contributed by atoms with Gasteiger partial charge in [0.1, 0.15) is 0 Å². The van der Waals surface area contributed by atoms with E-state index in [0.717, 1.165) is 5.69 Å². The first-order valence-corrected chi connectivity index (χ1v) is 4.00. The molecule has 0 saturated carbocycles. The first kappa shape index (κ1) is 8.61. The summed E-state index contributed by atoms with van der Waals surface area (Å²) >= 11 is 0. The molecule has 0 aliphatic heterocycles. The number of hydrogen-bond donors (Lipinski definition) is 0. The summed E-state index contributed by atoms with van der Waals surface area (Å²) in [6.07, 6.45) is 0. The van der Waals surface area contributed by atoms with Gasteiger partial charge in [-0.1, -0.05) is 15.3 Å². The van der Waals surface area contributed by atoms with E-state index >= 15 is 0 Å². The van der Waals surface area contributed by atoms with Crippen LogP contribution in [0, 0.1) is 6.92 Å². The number of nitrogens with zero attached hydrogens (tertiary/aromatic N) is 1. The molecule has 1 heterocycles. The molecule has 0 aliphatic carbocycles. The van der Waals surface area contributed by atoms with Crippen LogP contribution in [-0.4, -0.2) is 4.98 Å². The van der Waals surface area contributed by atoms with E-state index in [0.29, 0.717) is 5.69 Å². The smallest absolute Gasteiger partial charge is 0.162 e. The minimum absolute atomic E-state index is 0.461. The van der Waals surface area contributed by atoms with Gasteiger partial charge < -0.3 is 0 Å². The average molecular weight is 171 g/mol. The maximum Gasteiger partial charge on any atom is 0.162 e. The van der Waals surface area contributed by atoms with Crippen molar-refractivity contribution in [3.63, 3.8) is 0 Å². The number of pyridine rings is 1. The van der Waals surface area contributed by atoms with Crippen LogP contribution in [0.1, 0.15) is 18.3 Å². The van der Waals surface area contributed by atoms with Gasteiger partial charge in [-0.15, -0.1) is 0 Å². The van der Waals surface area contributed by atoms with E-state index in [9.17, 15) is 4.39 Å². The molecule has 0 spiro atoms. The molecular formula is C8H11FNP. The third-order valence-corrected chi connectivity index (χ3v) is 1.68. The molecule has 0 fully saturated rings. The second kappa shape index (κ2) is 2.86. The normalized spacial score (nSPS) is 16.0. The topological polar surface area (TPSA) is 12.9 Å². The third-order valence-electron chi connectivity index (χ3n) is 1.39. The minimum Gasteiger partial charge on any atom is -0.254 e. The lowest BCUT2D eigenvalue weighted by Gasteiger charge is -2.12. The molecule has 1 nitrogen and oxygen atoms in total. The van der Waals surface area contributed by atoms with Crippen molar-refractivity contribution in [2.45, 2.75) is 19.3 Å². The van der Waals surface area contributed by atoms with Crippen LogP contribution in [-0.2, 0) is 5.41 Å². The molecule has 11 heavy (non-hydrogen) atoms. The Hall–Kier alpha value is -0.490. The van der Waals surface area contributed by atoms with E-state index in [1.165, 1.54) is 6.92 Å². The number of hydrogen-bond acceptors (Lipinski definition) is 1. The van der Waals surface area contributed by atoms with E-state index in [-0.39, 0.29) is 0 Å². The fourth-order valence-electron chi connectivity index (χ4n) is 0.815. The van der Waals surface area contributed by atoms with Gasteiger partial charge in [0.05, 0.1) is 5.69 Å². The first-order chi connectivity index (χ1) is 5.00. The maximum atomic E-state index is 13.2. The van der Waals surface area contributed by atoms with Gasteiger partial charge in [0.15, 0.2) is 5.41 Å². The monoisotopic (exact) mass is 171 g/mol. The Morgan fingerprint density at radius 1 is 1.55 bits per heavy atom. The Morgan fingerprint density at radius 3 is 2.55 bits per heavy atom. The molecule has 60 valence electrons. The molecule has 1 rings (SSSR count). The molecule has 3 heteroatoms. The molecular weight excluding hydrogens is 160 g/mol. The Labute approximate surface area is 68.2 Å². The van der Waals surface area contributed by atoms with Gasteiger partial charge in [-0.2, -0.15) is 0 Å². The standard InChI is InChI=1S/C8H11FNP/c1-6-4-3-5-7(10-6)8(2,9)11/h3-5H,11H2,1-2H3. The van der Waals surface area contributed by atoms with Crippen LogP contribution in [0.25, 0.3) is 0 Å². The SMILES string of the molecule is Cc1cccc(C(C)(F)P)n1. The Kier molecular flexibility index (Phi) is 2.24. The lowest BCUT2D eigenvalue weighted by molar-refractivity contribution is 0.315. The van der Waals surface area contributed by atoms with Crippen molar-refractivity contribution in [2.24, 2.45) is 0 Å². The third kappa shape index (κ3) is 2.23. The Morgan fingerprint density at radius 2 is 2.18 bits per heavy atom. The van der Waals surface area contributed by atoms with Gasteiger partial charge in [0, 0.05) is 5.69 Å². The van der Waals surface area contributed by atoms with Crippen LogP contribution in [0.15, 0.2) is 18.2 Å². The number of halogens is 1. The van der Waals surface area contributed by atoms with Crippen LogP contribution in [0.4, 0.5) is 4.39 Å². The molecule has 2 unspecified atom stereocenters. The summed E-state index contributed by atoms with van der Waals surface area (Å²) in [5.74, 6) is 0. The fraction of sp³-hybridized carbons (Fsp3) is 0.375. The van der Waals surface area contributed by atoms with Crippen LogP contribution >= 0.6 is 9.24 Å². The molecule has 0 N–H and O–H groups in total. The average Bonchev–Trinajstić information content (AvgIpc) is 1.86. The predicted octanol–water partition coefficient (Wildman–Crippen LogP) is 2.41. The van der Waals surface area contributed by atoms with Gasteiger partial charge in [0.25, 0.3) is 0 Å². The molecule has 0 aliphatic rings. The summed E-state index contributed by atoms with van der Waals surface area (Å²) in [5.41, 5.74) is 1.30. The van der Waals surface area contributed by atoms with E-state index in [2.05, 4.69) is 14.2 Å². The summed E-state index contributed by atoms with van der Waals surface area (Å²) in [6, 6.07) is 5.33. The second-order valence-corrected chi connectivity index (χ2v) is 3.82. The highest BCUT2D eigenvalue weighted by Gasteiger charge is 2.19. The lowest BCUT2D eigenvalue weighted by atomic mass is 10.2. The zero-order chi connectivity index (χ0) is 8.48. The van der Waals surface area contributed by atoms with Crippen molar-refractivity contribution in [3.05, 3.63) is 29.6 Å². The largest absolute Gasteiger partial charge is 0.254 e. The molecule has 0 bridgehead atoms. The summed E-state index contributed by atoms with van der Waals surface area (Å²) in [6.45, 7) is 3.32. The Bertz CT molecular complexity index is 255. The highest BCUT2D eigenvalue weighted by molar-refractivity contribution is 7.18. The molecule has 1 aromatic rings. The van der Waals surface area contributed by atoms with Crippen molar-refractivity contribution in [1.29, 1.82) is 0 Å². The highest BCUT2D eigenvalue weighted by atomic mass is 31.0. The van der Waals surface area contributed by atoms with Crippen molar-refractivity contribution in [2.75, 3.05) is 0 Å². The van der Waals surface area contributed by atoms with Gasteiger partial charge >= 0.3 is 0 Å². The Balaban J connectivity index is 3.06. The second-order valence-electron chi connectivity index (χ2n) is 2.74. The summed E-state index contributed by atoms with van der Waals surface area (Å²) < 4.78 is 13.2. The van der Waals surface area contributed by atoms with Crippen LogP contribution < -0.4 is 0 Å². The van der Waals surface area contributed by atoms with Crippen molar-refractivity contribution >= 4 is 9.24 Å². The number of aryl methyl sites for hydroxylation is 1. The zero-order valence-electron chi connectivity index (χ0n) is 6.63. The molecule has 0 radical (unpaired) electrons.